The molecule has 2 amide bonds. The number of ether oxygens (including phenoxy) is 1. The molecule has 32 heavy (non-hydrogen) atoms. The Balaban J connectivity index is 1.51. The Hall–Kier alpha value is -3.20. The largest absolute Gasteiger partial charge is 0.423 e. The van der Waals surface area contributed by atoms with E-state index in [0.717, 1.165) is 4.47 Å². The van der Waals surface area contributed by atoms with Crippen molar-refractivity contribution >= 4 is 68.8 Å². The molecular weight excluding hydrogens is 521 g/mol. The highest BCUT2D eigenvalue weighted by molar-refractivity contribution is 9.10. The van der Waals surface area contributed by atoms with Crippen molar-refractivity contribution in [3.05, 3.63) is 92.4 Å². The Morgan fingerprint density at radius 3 is 2.34 bits per heavy atom. The van der Waals surface area contributed by atoms with Crippen LogP contribution in [0.2, 0.25) is 10.0 Å². The third-order valence-electron chi connectivity index (χ3n) is 3.91. The first-order valence-electron chi connectivity index (χ1n) is 8.99. The van der Waals surface area contributed by atoms with E-state index in [9.17, 15) is 14.4 Å². The summed E-state index contributed by atoms with van der Waals surface area (Å²) in [5.74, 6) is -2.03. The van der Waals surface area contributed by atoms with Gasteiger partial charge in [-0.2, -0.15) is 5.10 Å². The van der Waals surface area contributed by atoms with Gasteiger partial charge in [-0.05, 0) is 66.2 Å². The molecule has 0 aliphatic carbocycles. The number of anilines is 1. The number of nitrogens with one attached hydrogen (secondary N) is 2. The number of amides is 2. The maximum atomic E-state index is 12.2. The van der Waals surface area contributed by atoms with Gasteiger partial charge in [-0.25, -0.2) is 10.2 Å². The van der Waals surface area contributed by atoms with E-state index in [1.807, 2.05) is 0 Å². The van der Waals surface area contributed by atoms with Crippen molar-refractivity contribution in [3.8, 4) is 5.75 Å². The van der Waals surface area contributed by atoms with Crippen LogP contribution in [0, 0.1) is 0 Å². The van der Waals surface area contributed by atoms with Crippen LogP contribution < -0.4 is 15.5 Å². The van der Waals surface area contributed by atoms with E-state index in [4.69, 9.17) is 27.9 Å². The first-order valence-corrected chi connectivity index (χ1v) is 10.5. The van der Waals surface area contributed by atoms with Crippen molar-refractivity contribution in [3.63, 3.8) is 0 Å². The van der Waals surface area contributed by atoms with Crippen LogP contribution in [0.4, 0.5) is 5.69 Å². The SMILES string of the molecule is O=C(N/N=C/c1ccc(OC(=O)c2cccc(Br)c2)cc1)C(=O)Nc1ccc(Cl)c(Cl)c1. The van der Waals surface area contributed by atoms with Crippen LogP contribution >= 0.6 is 39.1 Å². The molecule has 3 aromatic carbocycles. The third kappa shape index (κ3) is 6.65. The van der Waals surface area contributed by atoms with E-state index < -0.39 is 17.8 Å². The van der Waals surface area contributed by atoms with Crippen LogP contribution in [0.15, 0.2) is 76.3 Å². The van der Waals surface area contributed by atoms with Gasteiger partial charge in [-0.15, -0.1) is 0 Å². The first kappa shape index (κ1) is 23.5. The van der Waals surface area contributed by atoms with E-state index >= 15 is 0 Å². The molecule has 0 radical (unpaired) electrons. The fraction of sp³-hybridized carbons (Fsp3) is 0. The molecule has 0 saturated carbocycles. The van der Waals surface area contributed by atoms with Crippen LogP contribution in [-0.2, 0) is 9.59 Å². The summed E-state index contributed by atoms with van der Waals surface area (Å²) < 4.78 is 6.08. The highest BCUT2D eigenvalue weighted by atomic mass is 79.9. The second kappa shape index (κ2) is 10.9. The molecule has 0 aliphatic heterocycles. The minimum atomic E-state index is -0.966. The number of hydrazone groups is 1. The highest BCUT2D eigenvalue weighted by Gasteiger charge is 2.13. The van der Waals surface area contributed by atoms with E-state index in [-0.39, 0.29) is 5.02 Å². The molecule has 3 rings (SSSR count). The summed E-state index contributed by atoms with van der Waals surface area (Å²) in [6.07, 6.45) is 1.34. The maximum Gasteiger partial charge on any atom is 0.343 e. The second-order valence-electron chi connectivity index (χ2n) is 6.25. The van der Waals surface area contributed by atoms with Gasteiger partial charge in [0.1, 0.15) is 5.75 Å². The van der Waals surface area contributed by atoms with Gasteiger partial charge in [0.05, 0.1) is 21.8 Å². The topological polar surface area (TPSA) is 96.9 Å². The lowest BCUT2D eigenvalue weighted by Gasteiger charge is -2.05. The molecule has 0 bridgehead atoms. The van der Waals surface area contributed by atoms with Crippen molar-refractivity contribution in [1.29, 1.82) is 0 Å². The zero-order valence-electron chi connectivity index (χ0n) is 16.1. The molecule has 0 spiro atoms. The van der Waals surface area contributed by atoms with E-state index in [1.54, 1.807) is 48.5 Å². The first-order chi connectivity index (χ1) is 15.3. The van der Waals surface area contributed by atoms with Crippen LogP contribution in [0.1, 0.15) is 15.9 Å². The molecule has 3 aromatic rings. The lowest BCUT2D eigenvalue weighted by atomic mass is 10.2. The Kier molecular flexibility index (Phi) is 7.99. The van der Waals surface area contributed by atoms with E-state index in [0.29, 0.717) is 27.6 Å². The zero-order valence-corrected chi connectivity index (χ0v) is 19.2. The van der Waals surface area contributed by atoms with Crippen molar-refractivity contribution in [1.82, 2.24) is 5.43 Å². The number of rotatable bonds is 5. The number of halogens is 3. The normalized spacial score (nSPS) is 10.6. The summed E-state index contributed by atoms with van der Waals surface area (Å²) in [6, 6.07) is 17.7. The minimum Gasteiger partial charge on any atom is -0.423 e. The smallest absolute Gasteiger partial charge is 0.343 e. The highest BCUT2D eigenvalue weighted by Crippen LogP contribution is 2.25. The number of benzene rings is 3. The predicted molar refractivity (Wildman–Crippen MR) is 126 cm³/mol. The second-order valence-corrected chi connectivity index (χ2v) is 7.98. The summed E-state index contributed by atoms with van der Waals surface area (Å²) in [4.78, 5) is 35.9. The molecule has 0 fully saturated rings. The van der Waals surface area contributed by atoms with Crippen molar-refractivity contribution in [2.75, 3.05) is 5.32 Å². The molecule has 162 valence electrons. The van der Waals surface area contributed by atoms with Crippen molar-refractivity contribution in [2.45, 2.75) is 0 Å². The number of hydrogen-bond acceptors (Lipinski definition) is 5. The number of hydrogen-bond donors (Lipinski definition) is 2. The predicted octanol–water partition coefficient (Wildman–Crippen LogP) is 5.06. The molecule has 0 unspecified atom stereocenters. The Morgan fingerprint density at radius 1 is 0.906 bits per heavy atom. The molecule has 0 aromatic heterocycles. The monoisotopic (exact) mass is 533 g/mol. The quantitative estimate of drug-likeness (QED) is 0.157. The fourth-order valence-corrected chi connectivity index (χ4v) is 3.08. The van der Waals surface area contributed by atoms with Crippen molar-refractivity contribution < 1.29 is 19.1 Å². The van der Waals surface area contributed by atoms with Gasteiger partial charge in [0, 0.05) is 10.2 Å². The molecule has 2 N–H and O–H groups in total. The van der Waals surface area contributed by atoms with Gasteiger partial charge >= 0.3 is 17.8 Å². The fourth-order valence-electron chi connectivity index (χ4n) is 2.38. The Labute approximate surface area is 201 Å². The molecule has 0 heterocycles. The third-order valence-corrected chi connectivity index (χ3v) is 5.15. The zero-order chi connectivity index (χ0) is 23.1. The lowest BCUT2D eigenvalue weighted by molar-refractivity contribution is -0.136. The average molecular weight is 535 g/mol. The standard InChI is InChI=1S/C22H14BrCl2N3O4/c23-15-3-1-2-14(10-15)22(31)32-17-7-4-13(5-8-17)12-26-28-21(30)20(29)27-16-6-9-18(24)19(25)11-16/h1-12H,(H,27,29)(H,28,30)/b26-12+. The van der Waals surface area contributed by atoms with Crippen LogP contribution in [0.3, 0.4) is 0 Å². The average Bonchev–Trinajstić information content (AvgIpc) is 2.77. The lowest BCUT2D eigenvalue weighted by Crippen LogP contribution is -2.32. The number of carbonyl (C=O) groups excluding carboxylic acids is 3. The van der Waals surface area contributed by atoms with Gasteiger partial charge in [0.25, 0.3) is 0 Å². The number of nitrogens with zero attached hydrogens (tertiary/aromatic N) is 1. The van der Waals surface area contributed by atoms with Gasteiger partial charge < -0.3 is 10.1 Å². The van der Waals surface area contributed by atoms with Gasteiger partial charge in [-0.3, -0.25) is 9.59 Å². The van der Waals surface area contributed by atoms with Gasteiger partial charge in [0.2, 0.25) is 0 Å². The van der Waals surface area contributed by atoms with Crippen molar-refractivity contribution in [2.24, 2.45) is 5.10 Å². The van der Waals surface area contributed by atoms with Crippen LogP contribution in [-0.4, -0.2) is 24.0 Å². The molecule has 0 saturated heterocycles. The maximum absolute atomic E-state index is 12.2. The summed E-state index contributed by atoms with van der Waals surface area (Å²) in [5, 5.41) is 6.69. The van der Waals surface area contributed by atoms with Crippen LogP contribution in [0.5, 0.6) is 5.75 Å². The summed E-state index contributed by atoms with van der Waals surface area (Å²) in [6.45, 7) is 0. The Morgan fingerprint density at radius 2 is 1.66 bits per heavy atom. The molecule has 7 nitrogen and oxygen atoms in total. The molecular formula is C22H14BrCl2N3O4. The summed E-state index contributed by atoms with van der Waals surface area (Å²) in [7, 11) is 0. The Bertz CT molecular complexity index is 1200. The molecule has 0 aliphatic rings. The van der Waals surface area contributed by atoms with Crippen LogP contribution in [0.25, 0.3) is 0 Å². The molecule has 10 heteroatoms. The molecule has 0 atom stereocenters. The van der Waals surface area contributed by atoms with Gasteiger partial charge in [-0.1, -0.05) is 45.2 Å². The number of carbonyl (C=O) groups is 3. The summed E-state index contributed by atoms with van der Waals surface area (Å²) >= 11 is 15.0. The van der Waals surface area contributed by atoms with E-state index in [2.05, 4.69) is 31.8 Å². The van der Waals surface area contributed by atoms with E-state index in [1.165, 1.54) is 24.4 Å². The summed E-state index contributed by atoms with van der Waals surface area (Å²) in [5.41, 5.74) is 3.45. The van der Waals surface area contributed by atoms with Gasteiger partial charge in [0.15, 0.2) is 0 Å². The number of esters is 1. The minimum absolute atomic E-state index is 0.244.